The average molecular weight is 244 g/mol. The van der Waals surface area contributed by atoms with Crippen LogP contribution in [0.15, 0.2) is 0 Å². The predicted molar refractivity (Wildman–Crippen MR) is 61.3 cm³/mol. The van der Waals surface area contributed by atoms with E-state index < -0.39 is 6.03 Å². The first kappa shape index (κ1) is 12.6. The monoisotopic (exact) mass is 244 g/mol. The largest absolute Gasteiger partial charge is 0.379 e. The molecule has 0 radical (unpaired) electrons. The van der Waals surface area contributed by atoms with E-state index >= 15 is 0 Å². The summed E-state index contributed by atoms with van der Waals surface area (Å²) in [4.78, 5) is 15.5. The SMILES string of the molecule is NC(=O)NC(N1CCOCC1)N1CCOCC1. The molecular weight excluding hydrogens is 224 g/mol. The van der Waals surface area contributed by atoms with Crippen LogP contribution in [0.25, 0.3) is 0 Å². The van der Waals surface area contributed by atoms with Gasteiger partial charge in [0.15, 0.2) is 0 Å². The Hall–Kier alpha value is -0.890. The van der Waals surface area contributed by atoms with Gasteiger partial charge in [0.2, 0.25) is 0 Å². The van der Waals surface area contributed by atoms with Crippen molar-refractivity contribution in [3.05, 3.63) is 0 Å². The maximum absolute atomic E-state index is 11.1. The van der Waals surface area contributed by atoms with Gasteiger partial charge in [-0.2, -0.15) is 0 Å². The summed E-state index contributed by atoms with van der Waals surface area (Å²) in [7, 11) is 0. The van der Waals surface area contributed by atoms with Crippen molar-refractivity contribution >= 4 is 6.03 Å². The molecule has 7 nitrogen and oxygen atoms in total. The number of morpholine rings is 2. The van der Waals surface area contributed by atoms with Crippen LogP contribution in [-0.4, -0.2) is 74.7 Å². The van der Waals surface area contributed by atoms with Gasteiger partial charge in [0, 0.05) is 26.2 Å². The zero-order valence-electron chi connectivity index (χ0n) is 9.93. The molecule has 0 aromatic heterocycles. The van der Waals surface area contributed by atoms with E-state index in [9.17, 15) is 4.79 Å². The van der Waals surface area contributed by atoms with Gasteiger partial charge in [-0.25, -0.2) is 4.79 Å². The van der Waals surface area contributed by atoms with Gasteiger partial charge >= 0.3 is 6.03 Å². The number of primary amides is 1. The Morgan fingerprint density at radius 1 is 1.00 bits per heavy atom. The number of hydrogen-bond donors (Lipinski definition) is 2. The molecule has 3 N–H and O–H groups in total. The van der Waals surface area contributed by atoms with Gasteiger partial charge in [0.05, 0.1) is 26.4 Å². The maximum Gasteiger partial charge on any atom is 0.314 e. The fourth-order valence-corrected chi connectivity index (χ4v) is 2.18. The zero-order chi connectivity index (χ0) is 12.1. The smallest absolute Gasteiger partial charge is 0.314 e. The van der Waals surface area contributed by atoms with Crippen LogP contribution in [0, 0.1) is 0 Å². The van der Waals surface area contributed by atoms with Gasteiger partial charge in [-0.15, -0.1) is 0 Å². The molecule has 2 amide bonds. The molecule has 0 unspecified atom stereocenters. The van der Waals surface area contributed by atoms with Crippen molar-refractivity contribution in [1.82, 2.24) is 15.1 Å². The Balaban J connectivity index is 1.97. The molecule has 2 saturated heterocycles. The van der Waals surface area contributed by atoms with Crippen molar-refractivity contribution in [1.29, 1.82) is 0 Å². The van der Waals surface area contributed by atoms with Crippen molar-refractivity contribution in [2.45, 2.75) is 6.29 Å². The fraction of sp³-hybridized carbons (Fsp3) is 0.900. The number of urea groups is 1. The molecule has 0 spiro atoms. The molecule has 17 heavy (non-hydrogen) atoms. The summed E-state index contributed by atoms with van der Waals surface area (Å²) in [5, 5.41) is 2.80. The first-order chi connectivity index (χ1) is 8.27. The molecular formula is C10H20N4O3. The van der Waals surface area contributed by atoms with Crippen molar-refractivity contribution in [2.75, 3.05) is 52.6 Å². The van der Waals surface area contributed by atoms with E-state index in [4.69, 9.17) is 15.2 Å². The number of ether oxygens (including phenoxy) is 2. The molecule has 0 atom stereocenters. The van der Waals surface area contributed by atoms with Crippen LogP contribution in [0.2, 0.25) is 0 Å². The van der Waals surface area contributed by atoms with E-state index in [2.05, 4.69) is 15.1 Å². The second-order valence-electron chi connectivity index (χ2n) is 4.18. The van der Waals surface area contributed by atoms with Crippen molar-refractivity contribution in [3.63, 3.8) is 0 Å². The average Bonchev–Trinajstić information content (AvgIpc) is 2.38. The third-order valence-corrected chi connectivity index (χ3v) is 3.05. The van der Waals surface area contributed by atoms with E-state index in [1.165, 1.54) is 0 Å². The lowest BCUT2D eigenvalue weighted by Gasteiger charge is -2.42. The van der Waals surface area contributed by atoms with Crippen LogP contribution in [0.4, 0.5) is 4.79 Å². The second-order valence-corrected chi connectivity index (χ2v) is 4.18. The summed E-state index contributed by atoms with van der Waals surface area (Å²) in [5.74, 6) is 0. The molecule has 2 aliphatic heterocycles. The fourth-order valence-electron chi connectivity index (χ4n) is 2.18. The molecule has 2 heterocycles. The molecule has 7 heteroatoms. The summed E-state index contributed by atoms with van der Waals surface area (Å²) in [6.45, 7) is 6.01. The standard InChI is InChI=1S/C10H20N4O3/c11-9(15)12-10(13-1-5-16-6-2-13)14-3-7-17-8-4-14/h10H,1-8H2,(H3,11,12,15). The number of carbonyl (C=O) groups excluding carboxylic acids is 1. The second kappa shape index (κ2) is 6.15. The number of nitrogens with two attached hydrogens (primary N) is 1. The molecule has 0 aliphatic carbocycles. The van der Waals surface area contributed by atoms with Crippen molar-refractivity contribution in [3.8, 4) is 0 Å². The topological polar surface area (TPSA) is 80.1 Å². The van der Waals surface area contributed by atoms with E-state index in [-0.39, 0.29) is 6.29 Å². The van der Waals surface area contributed by atoms with Crippen LogP contribution in [0.1, 0.15) is 0 Å². The lowest BCUT2D eigenvalue weighted by Crippen LogP contribution is -2.63. The molecule has 2 rings (SSSR count). The van der Waals surface area contributed by atoms with Gasteiger partial charge in [-0.1, -0.05) is 0 Å². The maximum atomic E-state index is 11.1. The van der Waals surface area contributed by atoms with Crippen LogP contribution >= 0.6 is 0 Å². The highest BCUT2D eigenvalue weighted by Gasteiger charge is 2.28. The zero-order valence-corrected chi connectivity index (χ0v) is 9.93. The molecule has 0 saturated carbocycles. The summed E-state index contributed by atoms with van der Waals surface area (Å²) < 4.78 is 10.6. The van der Waals surface area contributed by atoms with Crippen molar-refractivity contribution in [2.24, 2.45) is 5.73 Å². The lowest BCUT2D eigenvalue weighted by atomic mass is 10.3. The van der Waals surface area contributed by atoms with E-state index in [0.29, 0.717) is 26.4 Å². The Bertz CT molecular complexity index is 234. The Morgan fingerprint density at radius 3 is 1.76 bits per heavy atom. The van der Waals surface area contributed by atoms with Crippen LogP contribution < -0.4 is 11.1 Å². The Kier molecular flexibility index (Phi) is 4.55. The molecule has 98 valence electrons. The Labute approximate surface area is 101 Å². The van der Waals surface area contributed by atoms with Gasteiger partial charge in [-0.3, -0.25) is 9.80 Å². The summed E-state index contributed by atoms with van der Waals surface area (Å²) >= 11 is 0. The predicted octanol–water partition coefficient (Wildman–Crippen LogP) is -1.40. The van der Waals surface area contributed by atoms with Gasteiger partial charge in [-0.05, 0) is 0 Å². The van der Waals surface area contributed by atoms with E-state index in [1.807, 2.05) is 0 Å². The van der Waals surface area contributed by atoms with E-state index in [1.54, 1.807) is 0 Å². The van der Waals surface area contributed by atoms with Crippen LogP contribution in [0.5, 0.6) is 0 Å². The first-order valence-electron chi connectivity index (χ1n) is 5.97. The number of rotatable bonds is 3. The Morgan fingerprint density at radius 2 is 1.41 bits per heavy atom. The minimum Gasteiger partial charge on any atom is -0.379 e. The molecule has 0 aromatic rings. The number of hydrogen-bond acceptors (Lipinski definition) is 5. The van der Waals surface area contributed by atoms with Gasteiger partial charge in [0.1, 0.15) is 6.29 Å². The normalized spacial score (nSPS) is 23.8. The number of carbonyl (C=O) groups is 1. The quantitative estimate of drug-likeness (QED) is 0.638. The highest BCUT2D eigenvalue weighted by atomic mass is 16.5. The van der Waals surface area contributed by atoms with Crippen molar-refractivity contribution < 1.29 is 14.3 Å². The summed E-state index contributed by atoms with van der Waals surface area (Å²) in [5.41, 5.74) is 5.24. The third kappa shape index (κ3) is 3.53. The summed E-state index contributed by atoms with van der Waals surface area (Å²) in [6, 6.07) is -0.493. The summed E-state index contributed by atoms with van der Waals surface area (Å²) in [6.07, 6.45) is -0.139. The minimum absolute atomic E-state index is 0.139. The highest BCUT2D eigenvalue weighted by Crippen LogP contribution is 2.09. The number of nitrogens with one attached hydrogen (secondary N) is 1. The third-order valence-electron chi connectivity index (χ3n) is 3.05. The molecule has 0 bridgehead atoms. The van der Waals surface area contributed by atoms with E-state index in [0.717, 1.165) is 26.2 Å². The molecule has 2 fully saturated rings. The number of nitrogens with zero attached hydrogens (tertiary/aromatic N) is 2. The van der Waals surface area contributed by atoms with Gasteiger partial charge < -0.3 is 20.5 Å². The minimum atomic E-state index is -0.493. The van der Waals surface area contributed by atoms with Gasteiger partial charge in [0.25, 0.3) is 0 Å². The van der Waals surface area contributed by atoms with Crippen LogP contribution in [-0.2, 0) is 9.47 Å². The highest BCUT2D eigenvalue weighted by molar-refractivity contribution is 5.71. The first-order valence-corrected chi connectivity index (χ1v) is 5.97. The van der Waals surface area contributed by atoms with Crippen LogP contribution in [0.3, 0.4) is 0 Å². The molecule has 2 aliphatic rings. The lowest BCUT2D eigenvalue weighted by molar-refractivity contribution is -0.0728. The number of amides is 2. The molecule has 0 aromatic carbocycles.